The molecule has 0 bridgehead atoms. The molecular weight excluding hydrogens is 336 g/mol. The number of nitrogens with zero attached hydrogens (tertiary/aromatic N) is 2. The third kappa shape index (κ3) is 3.68. The van der Waals surface area contributed by atoms with Crippen molar-refractivity contribution in [1.82, 2.24) is 20.5 Å². The molecule has 3 rings (SSSR count). The van der Waals surface area contributed by atoms with Gasteiger partial charge in [0.1, 0.15) is 23.1 Å². The molecule has 0 radical (unpaired) electrons. The van der Waals surface area contributed by atoms with Crippen molar-refractivity contribution in [3.63, 3.8) is 0 Å². The topological polar surface area (TPSA) is 113 Å². The smallest absolute Gasteiger partial charge is 0.313 e. The third-order valence-corrected chi connectivity index (χ3v) is 3.10. The highest BCUT2D eigenvalue weighted by Gasteiger charge is 2.18. The summed E-state index contributed by atoms with van der Waals surface area (Å²) in [4.78, 5) is 27.5. The van der Waals surface area contributed by atoms with Crippen LogP contribution in [0.3, 0.4) is 0 Å². The number of para-hydroxylation sites is 1. The number of anilines is 1. The van der Waals surface area contributed by atoms with Crippen molar-refractivity contribution in [3.05, 3.63) is 54.1 Å². The van der Waals surface area contributed by atoms with Crippen LogP contribution in [-0.2, 0) is 16.1 Å². The Balaban J connectivity index is 1.58. The Bertz CT molecular complexity index is 888. The maximum atomic E-state index is 13.4. The molecule has 2 aromatic heterocycles. The quantitative estimate of drug-likeness (QED) is 0.621. The van der Waals surface area contributed by atoms with Gasteiger partial charge in [0.05, 0.1) is 12.8 Å². The Morgan fingerprint density at radius 2 is 1.88 bits per heavy atom. The summed E-state index contributed by atoms with van der Waals surface area (Å²) in [5.41, 5.74) is -0.692. The summed E-state index contributed by atoms with van der Waals surface area (Å²) < 4.78 is 32.0. The number of aromatic amines is 1. The van der Waals surface area contributed by atoms with E-state index in [-0.39, 0.29) is 18.2 Å². The lowest BCUT2D eigenvalue weighted by atomic mass is 10.3. The summed E-state index contributed by atoms with van der Waals surface area (Å²) in [6.07, 6.45) is 1.46. The Morgan fingerprint density at radius 3 is 2.56 bits per heavy atom. The van der Waals surface area contributed by atoms with Crippen LogP contribution >= 0.6 is 0 Å². The van der Waals surface area contributed by atoms with Crippen molar-refractivity contribution >= 4 is 17.5 Å². The van der Waals surface area contributed by atoms with Gasteiger partial charge in [-0.3, -0.25) is 14.7 Å². The standard InChI is InChI=1S/C15H11F2N5O3/c16-8-3-1-4-9(17)12(8)20-15(24)14(23)18-7-11-19-13(22-21-11)10-5-2-6-25-10/h1-6H,7H2,(H,18,23)(H,20,24)(H,19,21,22). The minimum Gasteiger partial charge on any atom is -0.461 e. The molecule has 0 aliphatic carbocycles. The summed E-state index contributed by atoms with van der Waals surface area (Å²) in [7, 11) is 0. The lowest BCUT2D eigenvalue weighted by Gasteiger charge is -2.07. The van der Waals surface area contributed by atoms with Crippen LogP contribution in [0.2, 0.25) is 0 Å². The van der Waals surface area contributed by atoms with Gasteiger partial charge >= 0.3 is 11.8 Å². The fourth-order valence-corrected chi connectivity index (χ4v) is 1.92. The molecule has 0 saturated carbocycles. The van der Waals surface area contributed by atoms with E-state index in [2.05, 4.69) is 20.5 Å². The molecule has 8 nitrogen and oxygen atoms in total. The first kappa shape index (κ1) is 16.3. The number of benzene rings is 1. The summed E-state index contributed by atoms with van der Waals surface area (Å²) in [6, 6.07) is 6.38. The van der Waals surface area contributed by atoms with E-state index in [0.717, 1.165) is 18.2 Å². The molecular formula is C15H11F2N5O3. The van der Waals surface area contributed by atoms with Gasteiger partial charge in [0.25, 0.3) is 0 Å². The zero-order valence-electron chi connectivity index (χ0n) is 12.5. The minimum atomic E-state index is -1.21. The molecule has 0 spiro atoms. The molecule has 0 saturated heterocycles. The fraction of sp³-hybridized carbons (Fsp3) is 0.0667. The van der Waals surface area contributed by atoms with E-state index < -0.39 is 29.1 Å². The molecule has 1 aromatic carbocycles. The first-order valence-electron chi connectivity index (χ1n) is 7.03. The summed E-state index contributed by atoms with van der Waals surface area (Å²) in [6.45, 7) is -0.139. The molecule has 3 aromatic rings. The summed E-state index contributed by atoms with van der Waals surface area (Å²) >= 11 is 0. The Morgan fingerprint density at radius 1 is 1.12 bits per heavy atom. The number of carbonyl (C=O) groups is 2. The molecule has 10 heteroatoms. The number of halogens is 2. The molecule has 3 N–H and O–H groups in total. The van der Waals surface area contributed by atoms with E-state index in [1.165, 1.54) is 6.26 Å². The average molecular weight is 347 g/mol. The number of furan rings is 1. The molecule has 128 valence electrons. The summed E-state index contributed by atoms with van der Waals surface area (Å²) in [5.74, 6) is -3.29. The van der Waals surface area contributed by atoms with Crippen LogP contribution in [-0.4, -0.2) is 27.0 Å². The van der Waals surface area contributed by atoms with Crippen molar-refractivity contribution in [2.45, 2.75) is 6.54 Å². The maximum Gasteiger partial charge on any atom is 0.313 e. The van der Waals surface area contributed by atoms with Crippen LogP contribution in [0.4, 0.5) is 14.5 Å². The molecule has 0 unspecified atom stereocenters. The molecule has 25 heavy (non-hydrogen) atoms. The Kier molecular flexibility index (Phi) is 4.50. The zero-order valence-corrected chi connectivity index (χ0v) is 12.5. The average Bonchev–Trinajstić information content (AvgIpc) is 3.26. The number of hydrogen-bond donors (Lipinski definition) is 3. The number of hydrogen-bond acceptors (Lipinski definition) is 5. The van der Waals surface area contributed by atoms with E-state index >= 15 is 0 Å². The second kappa shape index (κ2) is 6.91. The van der Waals surface area contributed by atoms with E-state index in [0.29, 0.717) is 5.76 Å². The van der Waals surface area contributed by atoms with Crippen molar-refractivity contribution in [3.8, 4) is 11.6 Å². The van der Waals surface area contributed by atoms with Gasteiger partial charge in [-0.25, -0.2) is 13.8 Å². The molecule has 0 aliphatic rings. The van der Waals surface area contributed by atoms with Crippen LogP contribution in [0.5, 0.6) is 0 Å². The van der Waals surface area contributed by atoms with Gasteiger partial charge in [0, 0.05) is 0 Å². The molecule has 0 aliphatic heterocycles. The van der Waals surface area contributed by atoms with Crippen LogP contribution in [0.25, 0.3) is 11.6 Å². The largest absolute Gasteiger partial charge is 0.461 e. The van der Waals surface area contributed by atoms with E-state index in [1.54, 1.807) is 12.1 Å². The van der Waals surface area contributed by atoms with E-state index in [4.69, 9.17) is 4.42 Å². The second-order valence-corrected chi connectivity index (χ2v) is 4.82. The van der Waals surface area contributed by atoms with Gasteiger partial charge in [0.15, 0.2) is 5.76 Å². The SMILES string of the molecule is O=C(NCc1nc(-c2ccco2)n[nH]1)C(=O)Nc1c(F)cccc1F. The number of nitrogens with one attached hydrogen (secondary N) is 3. The van der Waals surface area contributed by atoms with Crippen LogP contribution in [0.15, 0.2) is 41.0 Å². The first-order valence-corrected chi connectivity index (χ1v) is 7.03. The summed E-state index contributed by atoms with van der Waals surface area (Å²) in [5, 5.41) is 10.6. The highest BCUT2D eigenvalue weighted by atomic mass is 19.1. The predicted molar refractivity (Wildman–Crippen MR) is 80.9 cm³/mol. The van der Waals surface area contributed by atoms with E-state index in [9.17, 15) is 18.4 Å². The lowest BCUT2D eigenvalue weighted by Crippen LogP contribution is -2.35. The van der Waals surface area contributed by atoms with Crippen LogP contribution in [0.1, 0.15) is 5.82 Å². The van der Waals surface area contributed by atoms with Crippen molar-refractivity contribution < 1.29 is 22.8 Å². The second-order valence-electron chi connectivity index (χ2n) is 4.82. The zero-order chi connectivity index (χ0) is 17.8. The normalized spacial score (nSPS) is 10.5. The minimum absolute atomic E-state index is 0.139. The predicted octanol–water partition coefficient (Wildman–Crippen LogP) is 1.60. The molecule has 2 heterocycles. The monoisotopic (exact) mass is 347 g/mol. The van der Waals surface area contributed by atoms with Gasteiger partial charge < -0.3 is 15.1 Å². The van der Waals surface area contributed by atoms with Gasteiger partial charge in [-0.05, 0) is 24.3 Å². The van der Waals surface area contributed by atoms with Crippen molar-refractivity contribution in [2.24, 2.45) is 0 Å². The Labute approximate surface area is 139 Å². The van der Waals surface area contributed by atoms with Crippen LogP contribution in [0, 0.1) is 11.6 Å². The van der Waals surface area contributed by atoms with E-state index in [1.807, 2.05) is 5.32 Å². The van der Waals surface area contributed by atoms with Crippen molar-refractivity contribution in [1.29, 1.82) is 0 Å². The van der Waals surface area contributed by atoms with Gasteiger partial charge in [0.2, 0.25) is 5.82 Å². The van der Waals surface area contributed by atoms with Gasteiger partial charge in [-0.15, -0.1) is 5.10 Å². The third-order valence-electron chi connectivity index (χ3n) is 3.10. The highest BCUT2D eigenvalue weighted by Crippen LogP contribution is 2.17. The number of carbonyl (C=O) groups excluding carboxylic acids is 2. The molecule has 0 atom stereocenters. The first-order chi connectivity index (χ1) is 12.0. The number of H-pyrrole nitrogens is 1. The van der Waals surface area contributed by atoms with Crippen molar-refractivity contribution in [2.75, 3.05) is 5.32 Å². The van der Waals surface area contributed by atoms with Crippen LogP contribution < -0.4 is 10.6 Å². The molecule has 2 amide bonds. The molecule has 0 fully saturated rings. The van der Waals surface area contributed by atoms with Gasteiger partial charge in [-0.1, -0.05) is 6.07 Å². The number of aromatic nitrogens is 3. The lowest BCUT2D eigenvalue weighted by molar-refractivity contribution is -0.136. The van der Waals surface area contributed by atoms with Gasteiger partial charge in [-0.2, -0.15) is 0 Å². The highest BCUT2D eigenvalue weighted by molar-refractivity contribution is 6.39. The Hall–Kier alpha value is -3.56. The number of rotatable bonds is 4. The fourth-order valence-electron chi connectivity index (χ4n) is 1.92. The maximum absolute atomic E-state index is 13.4. The number of amides is 2.